The van der Waals surface area contributed by atoms with Gasteiger partial charge in [-0.2, -0.15) is 0 Å². The van der Waals surface area contributed by atoms with Gasteiger partial charge < -0.3 is 14.3 Å². The Bertz CT molecular complexity index is 498. The van der Waals surface area contributed by atoms with Gasteiger partial charge in [0.2, 0.25) is 0 Å². The summed E-state index contributed by atoms with van der Waals surface area (Å²) in [6.07, 6.45) is 0. The van der Waals surface area contributed by atoms with E-state index in [1.807, 2.05) is 19.1 Å². The first-order chi connectivity index (χ1) is 7.65. The minimum absolute atomic E-state index is 0.269. The number of hydrogen-bond donors (Lipinski definition) is 1. The second-order valence-corrected chi connectivity index (χ2v) is 4.16. The fourth-order valence-electron chi connectivity index (χ4n) is 1.22. The lowest BCUT2D eigenvalue weighted by molar-refractivity contribution is 0.0702. The van der Waals surface area contributed by atoms with E-state index in [4.69, 9.17) is 14.3 Å². The number of carboxylic acids is 1. The van der Waals surface area contributed by atoms with Gasteiger partial charge in [0.1, 0.15) is 28.8 Å². The molecular formula is C11H10O4S. The second kappa shape index (κ2) is 4.40. The summed E-state index contributed by atoms with van der Waals surface area (Å²) in [6.45, 7) is 2.17. The van der Waals surface area contributed by atoms with Crippen molar-refractivity contribution < 1.29 is 19.1 Å². The lowest BCUT2D eigenvalue weighted by Gasteiger charge is -1.99. The van der Waals surface area contributed by atoms with Gasteiger partial charge in [-0.3, -0.25) is 0 Å². The molecule has 0 aliphatic carbocycles. The zero-order valence-electron chi connectivity index (χ0n) is 8.60. The molecule has 0 spiro atoms. The summed E-state index contributed by atoms with van der Waals surface area (Å²) in [5, 5.41) is 10.4. The Balaban J connectivity index is 1.97. The van der Waals surface area contributed by atoms with Crippen LogP contribution < -0.4 is 4.74 Å². The fraction of sp³-hybridized carbons (Fsp3) is 0.182. The third kappa shape index (κ3) is 2.43. The first-order valence-corrected chi connectivity index (χ1v) is 5.53. The Kier molecular flexibility index (Phi) is 2.96. The Hall–Kier alpha value is -1.75. The van der Waals surface area contributed by atoms with Crippen LogP contribution in [0.2, 0.25) is 0 Å². The van der Waals surface area contributed by atoms with E-state index in [-0.39, 0.29) is 4.88 Å². The van der Waals surface area contributed by atoms with Crippen molar-refractivity contribution in [1.82, 2.24) is 0 Å². The number of hydrogen-bond acceptors (Lipinski definition) is 4. The van der Waals surface area contributed by atoms with Gasteiger partial charge >= 0.3 is 5.97 Å². The topological polar surface area (TPSA) is 59.7 Å². The normalized spacial score (nSPS) is 10.3. The zero-order valence-corrected chi connectivity index (χ0v) is 9.41. The molecule has 0 saturated heterocycles. The van der Waals surface area contributed by atoms with Gasteiger partial charge in [-0.1, -0.05) is 0 Å². The maximum Gasteiger partial charge on any atom is 0.346 e. The Morgan fingerprint density at radius 2 is 2.38 bits per heavy atom. The third-order valence-corrected chi connectivity index (χ3v) is 2.86. The van der Waals surface area contributed by atoms with E-state index in [1.165, 1.54) is 6.07 Å². The van der Waals surface area contributed by atoms with Gasteiger partial charge in [0.05, 0.1) is 0 Å². The molecule has 0 unspecified atom stereocenters. The molecule has 5 heteroatoms. The molecule has 0 radical (unpaired) electrons. The minimum Gasteiger partial charge on any atom is -0.485 e. The lowest BCUT2D eigenvalue weighted by Crippen LogP contribution is -1.93. The van der Waals surface area contributed by atoms with Crippen LogP contribution in [0.4, 0.5) is 0 Å². The van der Waals surface area contributed by atoms with Crippen LogP contribution in [-0.2, 0) is 6.61 Å². The second-order valence-electron chi connectivity index (χ2n) is 3.25. The maximum atomic E-state index is 10.6. The highest BCUT2D eigenvalue weighted by molar-refractivity contribution is 7.12. The van der Waals surface area contributed by atoms with Crippen molar-refractivity contribution in [3.63, 3.8) is 0 Å². The number of ether oxygens (including phenoxy) is 1. The average Bonchev–Trinajstić information content (AvgIpc) is 2.83. The molecule has 0 amide bonds. The van der Waals surface area contributed by atoms with Crippen LogP contribution in [0.1, 0.15) is 21.2 Å². The molecule has 2 heterocycles. The summed E-state index contributed by atoms with van der Waals surface area (Å²) in [4.78, 5) is 10.9. The summed E-state index contributed by atoms with van der Waals surface area (Å²) >= 11 is 1.14. The van der Waals surface area contributed by atoms with Gasteiger partial charge in [-0.25, -0.2) is 4.79 Å². The molecule has 2 rings (SSSR count). The molecule has 4 nitrogen and oxygen atoms in total. The molecule has 0 bridgehead atoms. The van der Waals surface area contributed by atoms with Crippen molar-refractivity contribution in [2.24, 2.45) is 0 Å². The fourth-order valence-corrected chi connectivity index (χ4v) is 1.89. The summed E-state index contributed by atoms with van der Waals surface area (Å²) in [5.41, 5.74) is 0. The van der Waals surface area contributed by atoms with Crippen LogP contribution in [0.25, 0.3) is 0 Å². The molecular weight excluding hydrogens is 228 g/mol. The molecule has 0 aromatic carbocycles. The predicted octanol–water partition coefficient (Wildman–Crippen LogP) is 2.93. The summed E-state index contributed by atoms with van der Waals surface area (Å²) in [5.74, 6) is 1.17. The monoisotopic (exact) mass is 238 g/mol. The molecule has 0 atom stereocenters. The number of carboxylic acid groups (broad SMARTS) is 1. The van der Waals surface area contributed by atoms with Crippen LogP contribution in [-0.4, -0.2) is 11.1 Å². The number of rotatable bonds is 4. The summed E-state index contributed by atoms with van der Waals surface area (Å²) < 4.78 is 10.7. The largest absolute Gasteiger partial charge is 0.485 e. The SMILES string of the molecule is Cc1ccc(COc2csc(C(=O)O)c2)o1. The van der Waals surface area contributed by atoms with Crippen LogP contribution in [0.3, 0.4) is 0 Å². The first kappa shape index (κ1) is 10.8. The Labute approximate surface area is 96.1 Å². The van der Waals surface area contributed by atoms with Crippen molar-refractivity contribution in [3.8, 4) is 5.75 Å². The number of thiophene rings is 1. The highest BCUT2D eigenvalue weighted by Gasteiger charge is 2.08. The first-order valence-electron chi connectivity index (χ1n) is 4.65. The molecule has 2 aromatic rings. The van der Waals surface area contributed by atoms with E-state index in [0.29, 0.717) is 12.4 Å². The number of aromatic carboxylic acids is 1. The molecule has 1 N–H and O–H groups in total. The van der Waals surface area contributed by atoms with Gasteiger partial charge in [-0.05, 0) is 19.1 Å². The molecule has 0 fully saturated rings. The van der Waals surface area contributed by atoms with Crippen LogP contribution in [0.5, 0.6) is 5.75 Å². The van der Waals surface area contributed by atoms with E-state index in [9.17, 15) is 4.79 Å². The van der Waals surface area contributed by atoms with Crippen molar-refractivity contribution in [3.05, 3.63) is 40.0 Å². The standard InChI is InChI=1S/C11H10O4S/c1-7-2-3-8(15-7)5-14-9-4-10(11(12)13)16-6-9/h2-4,6H,5H2,1H3,(H,12,13). The smallest absolute Gasteiger partial charge is 0.346 e. The molecule has 0 aliphatic rings. The van der Waals surface area contributed by atoms with Crippen molar-refractivity contribution in [2.45, 2.75) is 13.5 Å². The van der Waals surface area contributed by atoms with E-state index < -0.39 is 5.97 Å². The zero-order chi connectivity index (χ0) is 11.5. The molecule has 0 aliphatic heterocycles. The van der Waals surface area contributed by atoms with Gasteiger partial charge in [0, 0.05) is 11.4 Å². The van der Waals surface area contributed by atoms with Crippen LogP contribution in [0, 0.1) is 6.92 Å². The molecule has 2 aromatic heterocycles. The van der Waals surface area contributed by atoms with Crippen molar-refractivity contribution >= 4 is 17.3 Å². The average molecular weight is 238 g/mol. The quantitative estimate of drug-likeness (QED) is 0.889. The highest BCUT2D eigenvalue weighted by Crippen LogP contribution is 2.22. The predicted molar refractivity (Wildman–Crippen MR) is 59.1 cm³/mol. The summed E-state index contributed by atoms with van der Waals surface area (Å²) in [6, 6.07) is 5.19. The molecule has 0 saturated carbocycles. The molecule has 84 valence electrons. The summed E-state index contributed by atoms with van der Waals surface area (Å²) in [7, 11) is 0. The van der Waals surface area contributed by atoms with Crippen molar-refractivity contribution in [1.29, 1.82) is 0 Å². The van der Waals surface area contributed by atoms with Crippen molar-refractivity contribution in [2.75, 3.05) is 0 Å². The van der Waals surface area contributed by atoms with Crippen LogP contribution in [0.15, 0.2) is 28.0 Å². The van der Waals surface area contributed by atoms with Gasteiger partial charge in [-0.15, -0.1) is 11.3 Å². The van der Waals surface area contributed by atoms with Crippen LogP contribution >= 0.6 is 11.3 Å². The number of carbonyl (C=O) groups is 1. The van der Waals surface area contributed by atoms with E-state index in [1.54, 1.807) is 5.38 Å². The number of aryl methyl sites for hydroxylation is 1. The highest BCUT2D eigenvalue weighted by atomic mass is 32.1. The van der Waals surface area contributed by atoms with E-state index in [0.717, 1.165) is 22.9 Å². The Morgan fingerprint density at radius 1 is 1.56 bits per heavy atom. The van der Waals surface area contributed by atoms with Gasteiger partial charge in [0.25, 0.3) is 0 Å². The lowest BCUT2D eigenvalue weighted by atomic mass is 10.4. The minimum atomic E-state index is -0.936. The molecule has 16 heavy (non-hydrogen) atoms. The number of furan rings is 1. The Morgan fingerprint density at radius 3 is 2.94 bits per heavy atom. The maximum absolute atomic E-state index is 10.6. The van der Waals surface area contributed by atoms with E-state index >= 15 is 0 Å². The van der Waals surface area contributed by atoms with Gasteiger partial charge in [0.15, 0.2) is 0 Å². The van der Waals surface area contributed by atoms with E-state index in [2.05, 4.69) is 0 Å². The third-order valence-electron chi connectivity index (χ3n) is 1.96.